The summed E-state index contributed by atoms with van der Waals surface area (Å²) in [7, 11) is 0. The van der Waals surface area contributed by atoms with Gasteiger partial charge in [0.05, 0.1) is 5.69 Å². The molecule has 65 heavy (non-hydrogen) atoms. The number of rotatable bonds is 5. The van der Waals surface area contributed by atoms with Gasteiger partial charge in [-0.3, -0.25) is 0 Å². The molecule has 0 saturated heterocycles. The highest BCUT2D eigenvalue weighted by Crippen LogP contribution is 2.47. The van der Waals surface area contributed by atoms with Crippen LogP contribution in [0.1, 0.15) is 0 Å². The third-order valence-corrected chi connectivity index (χ3v) is 14.6. The molecule has 0 saturated carbocycles. The Labute approximate surface area is 373 Å². The minimum atomic E-state index is 1.14. The summed E-state index contributed by atoms with van der Waals surface area (Å²) < 4.78 is 0. The zero-order valence-corrected chi connectivity index (χ0v) is 35.3. The van der Waals surface area contributed by atoms with Crippen LogP contribution in [0.3, 0.4) is 0 Å². The lowest BCUT2D eigenvalue weighted by atomic mass is 9.88. The fraction of sp³-hybridized carbons (Fsp3) is 0. The van der Waals surface area contributed by atoms with Crippen LogP contribution in [-0.2, 0) is 0 Å². The lowest BCUT2D eigenvalue weighted by Gasteiger charge is -2.27. The van der Waals surface area contributed by atoms with Gasteiger partial charge in [0.2, 0.25) is 0 Å². The minimum absolute atomic E-state index is 1.14. The quantitative estimate of drug-likeness (QED) is 0.123. The van der Waals surface area contributed by atoms with Crippen molar-refractivity contribution >= 4 is 81.7 Å². The van der Waals surface area contributed by atoms with Crippen molar-refractivity contribution in [1.29, 1.82) is 0 Å². The highest BCUT2D eigenvalue weighted by Gasteiger charge is 2.24. The maximum atomic E-state index is 2.44. The summed E-state index contributed by atoms with van der Waals surface area (Å²) in [6.45, 7) is 0. The molecule has 15 rings (SSSR count). The van der Waals surface area contributed by atoms with E-state index in [0.717, 1.165) is 11.4 Å². The van der Waals surface area contributed by atoms with Crippen molar-refractivity contribution in [2.24, 2.45) is 0 Å². The molecule has 0 heterocycles. The van der Waals surface area contributed by atoms with Gasteiger partial charge in [0.1, 0.15) is 0 Å². The van der Waals surface area contributed by atoms with Crippen molar-refractivity contribution in [1.82, 2.24) is 0 Å². The van der Waals surface area contributed by atoms with Crippen molar-refractivity contribution in [2.45, 2.75) is 0 Å². The van der Waals surface area contributed by atoms with E-state index in [2.05, 4.69) is 229 Å². The molecular formula is C64H37N. The molecule has 0 bridgehead atoms. The summed E-state index contributed by atoms with van der Waals surface area (Å²) in [6, 6.07) is 83.7. The van der Waals surface area contributed by atoms with E-state index in [1.807, 2.05) is 0 Å². The van der Waals surface area contributed by atoms with E-state index in [4.69, 9.17) is 0 Å². The van der Waals surface area contributed by atoms with Gasteiger partial charge < -0.3 is 4.90 Å². The molecule has 0 atom stereocenters. The number of nitrogens with zero attached hydrogens (tertiary/aromatic N) is 1. The Morgan fingerprint density at radius 1 is 0.246 bits per heavy atom. The molecule has 0 spiro atoms. The van der Waals surface area contributed by atoms with Crippen LogP contribution in [-0.4, -0.2) is 0 Å². The van der Waals surface area contributed by atoms with Crippen molar-refractivity contribution in [3.8, 4) is 22.3 Å². The highest BCUT2D eigenvalue weighted by molar-refractivity contribution is 6.33. The molecule has 1 nitrogen and oxygen atoms in total. The first kappa shape index (κ1) is 35.0. The first-order valence-electron chi connectivity index (χ1n) is 22.7. The van der Waals surface area contributed by atoms with E-state index in [-0.39, 0.29) is 0 Å². The molecule has 0 radical (unpaired) electrons. The van der Waals surface area contributed by atoms with Gasteiger partial charge in [-0.1, -0.05) is 194 Å². The van der Waals surface area contributed by atoms with Gasteiger partial charge in [0, 0.05) is 16.8 Å². The molecule has 2 aliphatic rings. The van der Waals surface area contributed by atoms with Gasteiger partial charge in [0.25, 0.3) is 0 Å². The lowest BCUT2D eigenvalue weighted by molar-refractivity contribution is 1.28. The van der Waals surface area contributed by atoms with Crippen LogP contribution in [0.4, 0.5) is 17.1 Å². The molecule has 1 heteroatoms. The lowest BCUT2D eigenvalue weighted by Crippen LogP contribution is -2.10. The average molecular weight is 820 g/mol. The molecule has 0 aromatic heterocycles. The maximum Gasteiger partial charge on any atom is 0.0540 e. The third kappa shape index (κ3) is 4.66. The predicted molar refractivity (Wildman–Crippen MR) is 272 cm³/mol. The Morgan fingerprint density at radius 3 is 1.28 bits per heavy atom. The predicted octanol–water partition coefficient (Wildman–Crippen LogP) is 16.6. The van der Waals surface area contributed by atoms with E-state index in [9.17, 15) is 0 Å². The Kier molecular flexibility index (Phi) is 7.01. The molecule has 298 valence electrons. The number of benzene rings is 13. The molecular weight excluding hydrogens is 783 g/mol. The molecule has 13 aromatic carbocycles. The molecule has 2 aliphatic carbocycles. The maximum absolute atomic E-state index is 2.44. The standard InChI is InChI=1S/C64H37N/c1-4-16-39(17-5-1)57-45-24-12-13-25-46(45)58(40-18-6-2-7-19-40)64-54-36-34-51-49-31-32-52-55-37-42(65(41-21-8-3-9-22-41)56-26-14-20-38-15-10-11-23-43(38)56)27-28-44(55)47-29-30-48(60(49)59(47)52)50-33-35-53(63(57)64)62(54)61(50)51/h1-37H. The molecule has 0 N–H and O–H groups in total. The summed E-state index contributed by atoms with van der Waals surface area (Å²) in [5.74, 6) is 0. The fourth-order valence-electron chi connectivity index (χ4n) is 12.1. The second kappa shape index (κ2) is 13.0. The van der Waals surface area contributed by atoms with Crippen LogP contribution in [0.2, 0.25) is 0 Å². The Bertz CT molecular complexity index is 4460. The summed E-state index contributed by atoms with van der Waals surface area (Å²) in [5.41, 5.74) is 8.57. The van der Waals surface area contributed by atoms with Gasteiger partial charge in [-0.15, -0.1) is 0 Å². The largest absolute Gasteiger partial charge is 0.310 e. The van der Waals surface area contributed by atoms with Crippen molar-refractivity contribution in [2.75, 3.05) is 4.90 Å². The van der Waals surface area contributed by atoms with Gasteiger partial charge in [-0.2, -0.15) is 0 Å². The van der Waals surface area contributed by atoms with E-state index < -0.39 is 0 Å². The molecule has 0 fully saturated rings. The summed E-state index contributed by atoms with van der Waals surface area (Å²) >= 11 is 0. The van der Waals surface area contributed by atoms with Crippen molar-refractivity contribution < 1.29 is 0 Å². The average Bonchev–Trinajstić information content (AvgIpc) is 3.88. The number of hydrogen-bond acceptors (Lipinski definition) is 1. The van der Waals surface area contributed by atoms with E-state index in [1.165, 1.54) is 134 Å². The van der Waals surface area contributed by atoms with Gasteiger partial charge in [-0.25, -0.2) is 0 Å². The topological polar surface area (TPSA) is 3.24 Å². The zero-order chi connectivity index (χ0) is 42.3. The Morgan fingerprint density at radius 2 is 0.692 bits per heavy atom. The first-order valence-corrected chi connectivity index (χ1v) is 22.7. The van der Waals surface area contributed by atoms with Gasteiger partial charge in [0.15, 0.2) is 0 Å². The number of fused-ring (bicyclic) bond motifs is 6. The first-order chi connectivity index (χ1) is 32.3. The van der Waals surface area contributed by atoms with E-state index in [0.29, 0.717) is 0 Å². The number of hydrogen-bond donors (Lipinski definition) is 0. The number of anilines is 3. The number of para-hydroxylation sites is 1. The van der Waals surface area contributed by atoms with Crippen LogP contribution in [0.15, 0.2) is 224 Å². The van der Waals surface area contributed by atoms with Crippen LogP contribution >= 0.6 is 0 Å². The second-order valence-corrected chi connectivity index (χ2v) is 17.8. The van der Waals surface area contributed by atoms with E-state index in [1.54, 1.807) is 0 Å². The van der Waals surface area contributed by atoms with Crippen LogP contribution in [0, 0.1) is 41.7 Å². The van der Waals surface area contributed by atoms with Crippen LogP contribution < -0.4 is 4.90 Å². The summed E-state index contributed by atoms with van der Waals surface area (Å²) in [5, 5.41) is 26.3. The Balaban J connectivity index is 1.06. The molecule has 0 unspecified atom stereocenters. The molecule has 0 aliphatic heterocycles. The fourth-order valence-corrected chi connectivity index (χ4v) is 12.1. The van der Waals surface area contributed by atoms with Crippen molar-refractivity contribution in [3.05, 3.63) is 266 Å². The molecule has 0 amide bonds. The van der Waals surface area contributed by atoms with Gasteiger partial charge >= 0.3 is 0 Å². The second-order valence-electron chi connectivity index (χ2n) is 17.8. The SMILES string of the molecule is c1ccc(-c2c3c(c(-c4ccccc4)c4ccccc24)=c2ccc4c5ccc6c7c(ccc(c8ccc=3c2c84)c75)=c2ccc(N(c3ccccc3)c3cccc4ccccc34)cc2=6)cc1. The smallest absolute Gasteiger partial charge is 0.0540 e. The van der Waals surface area contributed by atoms with Gasteiger partial charge in [-0.05, 0) is 154 Å². The van der Waals surface area contributed by atoms with Crippen molar-refractivity contribution in [3.63, 3.8) is 0 Å². The minimum Gasteiger partial charge on any atom is -0.310 e. The summed E-state index contributed by atoms with van der Waals surface area (Å²) in [4.78, 5) is 2.42. The zero-order valence-electron chi connectivity index (χ0n) is 35.3. The normalized spacial score (nSPS) is 12.3. The Hall–Kier alpha value is -8.52. The summed E-state index contributed by atoms with van der Waals surface area (Å²) in [6.07, 6.45) is 0. The highest BCUT2D eigenvalue weighted by atomic mass is 15.1. The third-order valence-electron chi connectivity index (χ3n) is 14.6. The monoisotopic (exact) mass is 819 g/mol. The van der Waals surface area contributed by atoms with Crippen LogP contribution in [0.25, 0.3) is 86.9 Å². The van der Waals surface area contributed by atoms with E-state index >= 15 is 0 Å². The molecule has 13 aromatic rings. The van der Waals surface area contributed by atoms with Crippen LogP contribution in [0.5, 0.6) is 0 Å².